The highest BCUT2D eigenvalue weighted by Gasteiger charge is 2.07. The molecule has 0 saturated carbocycles. The maximum atomic E-state index is 13.0. The SMILES string of the molecule is CC(Nc1cc(F)cc(F)c1)c1cccc(O)c1. The van der Waals surface area contributed by atoms with Crippen molar-refractivity contribution in [2.75, 3.05) is 5.32 Å². The van der Waals surface area contributed by atoms with Gasteiger partial charge in [0.25, 0.3) is 0 Å². The molecule has 1 atom stereocenters. The van der Waals surface area contributed by atoms with Crippen molar-refractivity contribution >= 4 is 5.69 Å². The Balaban J connectivity index is 2.18. The molecule has 18 heavy (non-hydrogen) atoms. The summed E-state index contributed by atoms with van der Waals surface area (Å²) in [6.07, 6.45) is 0. The zero-order valence-electron chi connectivity index (χ0n) is 9.82. The fourth-order valence-electron chi connectivity index (χ4n) is 1.76. The topological polar surface area (TPSA) is 32.3 Å². The summed E-state index contributed by atoms with van der Waals surface area (Å²) in [6.45, 7) is 1.84. The Bertz CT molecular complexity index is 537. The molecule has 2 aromatic carbocycles. The van der Waals surface area contributed by atoms with E-state index in [1.807, 2.05) is 13.0 Å². The first-order valence-electron chi connectivity index (χ1n) is 5.56. The third kappa shape index (κ3) is 2.97. The second kappa shape index (κ2) is 5.04. The minimum Gasteiger partial charge on any atom is -0.508 e. The van der Waals surface area contributed by atoms with Crippen molar-refractivity contribution in [2.24, 2.45) is 0 Å². The lowest BCUT2D eigenvalue weighted by Crippen LogP contribution is -2.06. The minimum atomic E-state index is -0.624. The molecule has 0 aromatic heterocycles. The highest BCUT2D eigenvalue weighted by atomic mass is 19.1. The van der Waals surface area contributed by atoms with E-state index in [9.17, 15) is 13.9 Å². The molecule has 2 rings (SSSR count). The number of nitrogens with one attached hydrogen (secondary N) is 1. The standard InChI is InChI=1S/C14H13F2NO/c1-9(10-3-2-4-14(18)5-10)17-13-7-11(15)6-12(16)8-13/h2-9,17-18H,1H3. The van der Waals surface area contributed by atoms with E-state index in [1.54, 1.807) is 18.2 Å². The van der Waals surface area contributed by atoms with Gasteiger partial charge in [0.05, 0.1) is 0 Å². The Morgan fingerprint density at radius 2 is 1.72 bits per heavy atom. The fourth-order valence-corrected chi connectivity index (χ4v) is 1.76. The summed E-state index contributed by atoms with van der Waals surface area (Å²) in [5.74, 6) is -1.09. The van der Waals surface area contributed by atoms with Crippen LogP contribution in [0.2, 0.25) is 0 Å². The Labute approximate surface area is 104 Å². The number of aromatic hydroxyl groups is 1. The van der Waals surface area contributed by atoms with E-state index >= 15 is 0 Å². The summed E-state index contributed by atoms with van der Waals surface area (Å²) in [4.78, 5) is 0. The van der Waals surface area contributed by atoms with Gasteiger partial charge in [-0.2, -0.15) is 0 Å². The molecule has 0 aliphatic rings. The van der Waals surface area contributed by atoms with E-state index in [4.69, 9.17) is 0 Å². The number of benzene rings is 2. The van der Waals surface area contributed by atoms with E-state index in [2.05, 4.69) is 5.32 Å². The van der Waals surface area contributed by atoms with Crippen molar-refractivity contribution in [3.63, 3.8) is 0 Å². The Morgan fingerprint density at radius 3 is 2.33 bits per heavy atom. The van der Waals surface area contributed by atoms with Crippen molar-refractivity contribution in [1.29, 1.82) is 0 Å². The zero-order valence-corrected chi connectivity index (χ0v) is 9.82. The maximum Gasteiger partial charge on any atom is 0.128 e. The Morgan fingerprint density at radius 1 is 1.06 bits per heavy atom. The van der Waals surface area contributed by atoms with Gasteiger partial charge in [-0.05, 0) is 36.8 Å². The second-order valence-electron chi connectivity index (χ2n) is 4.12. The van der Waals surface area contributed by atoms with Crippen LogP contribution < -0.4 is 5.32 Å². The quantitative estimate of drug-likeness (QED) is 0.866. The zero-order chi connectivity index (χ0) is 13.1. The predicted molar refractivity (Wildman–Crippen MR) is 66.5 cm³/mol. The summed E-state index contributed by atoms with van der Waals surface area (Å²) in [5.41, 5.74) is 1.20. The number of phenols is 1. The highest BCUT2D eigenvalue weighted by molar-refractivity contribution is 5.46. The Kier molecular flexibility index (Phi) is 3.46. The van der Waals surface area contributed by atoms with Gasteiger partial charge in [0.1, 0.15) is 17.4 Å². The summed E-state index contributed by atoms with van der Waals surface area (Å²) < 4.78 is 26.0. The summed E-state index contributed by atoms with van der Waals surface area (Å²) in [7, 11) is 0. The first kappa shape index (κ1) is 12.4. The first-order chi connectivity index (χ1) is 8.54. The normalized spacial score (nSPS) is 12.2. The molecule has 4 heteroatoms. The minimum absolute atomic E-state index is 0.159. The van der Waals surface area contributed by atoms with Gasteiger partial charge in [-0.1, -0.05) is 12.1 Å². The van der Waals surface area contributed by atoms with Gasteiger partial charge in [0.2, 0.25) is 0 Å². The lowest BCUT2D eigenvalue weighted by molar-refractivity contribution is 0.474. The molecule has 0 spiro atoms. The lowest BCUT2D eigenvalue weighted by Gasteiger charge is -2.16. The first-order valence-corrected chi connectivity index (χ1v) is 5.56. The molecule has 0 radical (unpaired) electrons. The van der Waals surface area contributed by atoms with Crippen molar-refractivity contribution < 1.29 is 13.9 Å². The molecule has 1 unspecified atom stereocenters. The molecule has 2 nitrogen and oxygen atoms in total. The van der Waals surface area contributed by atoms with E-state index in [0.717, 1.165) is 11.6 Å². The molecule has 0 aliphatic heterocycles. The number of hydrogen-bond acceptors (Lipinski definition) is 2. The number of phenolic OH excluding ortho intramolecular Hbond substituents is 1. The molecule has 0 heterocycles. The molecule has 0 saturated heterocycles. The summed E-state index contributed by atoms with van der Waals surface area (Å²) in [6, 6.07) is 9.82. The molecule has 0 bridgehead atoms. The third-order valence-electron chi connectivity index (χ3n) is 2.62. The molecule has 2 N–H and O–H groups in total. The average molecular weight is 249 g/mol. The van der Waals surface area contributed by atoms with Crippen LogP contribution in [0, 0.1) is 11.6 Å². The van der Waals surface area contributed by atoms with Gasteiger partial charge in [-0.25, -0.2) is 8.78 Å². The van der Waals surface area contributed by atoms with Crippen molar-refractivity contribution in [2.45, 2.75) is 13.0 Å². The highest BCUT2D eigenvalue weighted by Crippen LogP contribution is 2.23. The molecule has 0 aliphatic carbocycles. The molecular formula is C14H13F2NO. The van der Waals surface area contributed by atoms with Crippen LogP contribution in [0.4, 0.5) is 14.5 Å². The fraction of sp³-hybridized carbons (Fsp3) is 0.143. The lowest BCUT2D eigenvalue weighted by atomic mass is 10.1. The number of halogens is 2. The maximum absolute atomic E-state index is 13.0. The second-order valence-corrected chi connectivity index (χ2v) is 4.12. The molecule has 2 aromatic rings. The van der Waals surface area contributed by atoms with Gasteiger partial charge >= 0.3 is 0 Å². The van der Waals surface area contributed by atoms with E-state index < -0.39 is 11.6 Å². The van der Waals surface area contributed by atoms with Crippen LogP contribution in [0.25, 0.3) is 0 Å². The van der Waals surface area contributed by atoms with Gasteiger partial charge in [-0.15, -0.1) is 0 Å². The van der Waals surface area contributed by atoms with Crippen molar-refractivity contribution in [1.82, 2.24) is 0 Å². The number of hydrogen-bond donors (Lipinski definition) is 2. The van der Waals surface area contributed by atoms with Gasteiger partial charge < -0.3 is 10.4 Å². The Hall–Kier alpha value is -2.10. The van der Waals surface area contributed by atoms with Gasteiger partial charge in [0, 0.05) is 17.8 Å². The third-order valence-corrected chi connectivity index (χ3v) is 2.62. The van der Waals surface area contributed by atoms with E-state index in [0.29, 0.717) is 5.69 Å². The van der Waals surface area contributed by atoms with Gasteiger partial charge in [-0.3, -0.25) is 0 Å². The van der Waals surface area contributed by atoms with Crippen molar-refractivity contribution in [3.8, 4) is 5.75 Å². The number of anilines is 1. The van der Waals surface area contributed by atoms with Crippen LogP contribution in [-0.2, 0) is 0 Å². The summed E-state index contributed by atoms with van der Waals surface area (Å²) in [5, 5.41) is 12.3. The summed E-state index contributed by atoms with van der Waals surface area (Å²) >= 11 is 0. The average Bonchev–Trinajstić information content (AvgIpc) is 2.27. The van der Waals surface area contributed by atoms with Crippen LogP contribution in [0.1, 0.15) is 18.5 Å². The van der Waals surface area contributed by atoms with Crippen LogP contribution in [0.5, 0.6) is 5.75 Å². The van der Waals surface area contributed by atoms with Crippen LogP contribution >= 0.6 is 0 Å². The van der Waals surface area contributed by atoms with Crippen LogP contribution in [0.15, 0.2) is 42.5 Å². The smallest absolute Gasteiger partial charge is 0.128 e. The monoisotopic (exact) mass is 249 g/mol. The van der Waals surface area contributed by atoms with Gasteiger partial charge in [0.15, 0.2) is 0 Å². The number of rotatable bonds is 3. The molecule has 0 fully saturated rings. The van der Waals surface area contributed by atoms with Crippen LogP contribution in [0.3, 0.4) is 0 Å². The largest absolute Gasteiger partial charge is 0.508 e. The van der Waals surface area contributed by atoms with Crippen molar-refractivity contribution in [3.05, 3.63) is 59.7 Å². The molecular weight excluding hydrogens is 236 g/mol. The predicted octanol–water partition coefficient (Wildman–Crippen LogP) is 3.84. The van der Waals surface area contributed by atoms with Crippen LogP contribution in [-0.4, -0.2) is 5.11 Å². The van der Waals surface area contributed by atoms with E-state index in [1.165, 1.54) is 12.1 Å². The van der Waals surface area contributed by atoms with E-state index in [-0.39, 0.29) is 11.8 Å². The molecule has 94 valence electrons. The molecule has 0 amide bonds.